The van der Waals surface area contributed by atoms with Crippen molar-refractivity contribution in [1.29, 1.82) is 0 Å². The molecule has 8 heteroatoms. The zero-order chi connectivity index (χ0) is 7.40. The van der Waals surface area contributed by atoms with Crippen molar-refractivity contribution >= 4 is 53.7 Å². The first kappa shape index (κ1) is 25.6. The van der Waals surface area contributed by atoms with Gasteiger partial charge in [-0.05, 0) is 16.7 Å². The fourth-order valence-electron chi connectivity index (χ4n) is 0.567. The predicted octanol–water partition coefficient (Wildman–Crippen LogP) is -8.29. The Morgan fingerprint density at radius 2 is 1.57 bits per heavy atom. The van der Waals surface area contributed by atoms with Crippen LogP contribution in [0.15, 0.2) is 30.3 Å². The summed E-state index contributed by atoms with van der Waals surface area (Å²) in [4.78, 5) is 9.98. The second-order valence-corrected chi connectivity index (χ2v) is 2.26. The molecule has 1 aromatic carbocycles. The quantitative estimate of drug-likeness (QED) is 0.401. The van der Waals surface area contributed by atoms with Gasteiger partial charge >= 0.3 is 113 Å². The topological polar surface area (TPSA) is 49.4 Å². The molecule has 0 aliphatic rings. The number of hydrogen-bond donors (Lipinski definition) is 0. The molecule has 14 heavy (non-hydrogen) atoms. The molecule has 0 bridgehead atoms. The van der Waals surface area contributed by atoms with Crippen LogP contribution >= 0.6 is 8.25 Å². The Morgan fingerprint density at radius 1 is 1.14 bits per heavy atom. The van der Waals surface area contributed by atoms with Crippen molar-refractivity contribution in [1.82, 2.24) is 0 Å². The van der Waals surface area contributed by atoms with Crippen LogP contribution in [-0.2, 0) is 4.57 Å². The van der Waals surface area contributed by atoms with E-state index in [-0.39, 0.29) is 117 Å². The second-order valence-electron chi connectivity index (χ2n) is 1.63. The third-order valence-electron chi connectivity index (χ3n) is 0.923. The number of para-hydroxylation sites is 1. The molecule has 1 aromatic rings. The molecule has 0 aromatic heterocycles. The summed E-state index contributed by atoms with van der Waals surface area (Å²) in [5.74, 6) is 0.346. The minimum absolute atomic E-state index is 0. The Morgan fingerprint density at radius 3 is 1.93 bits per heavy atom. The van der Waals surface area contributed by atoms with Crippen molar-refractivity contribution in [3.63, 3.8) is 0 Å². The Labute approximate surface area is 172 Å². The van der Waals surface area contributed by atoms with E-state index >= 15 is 0 Å². The largest absolute Gasteiger partial charge is 2.00 e. The van der Waals surface area contributed by atoms with E-state index in [0.717, 1.165) is 0 Å². The first-order chi connectivity index (χ1) is 4.79. The third kappa shape index (κ3) is 12.9. The monoisotopic (exact) mass is 325 g/mol. The van der Waals surface area contributed by atoms with Crippen molar-refractivity contribution in [3.05, 3.63) is 30.3 Å². The number of benzene rings is 1. The molecule has 0 radical (unpaired) electrons. The predicted molar refractivity (Wildman–Crippen MR) is 40.4 cm³/mol. The summed E-state index contributed by atoms with van der Waals surface area (Å²) in [7, 11) is -2.78. The fraction of sp³-hybridized carbons (Fsp3) is 0. The van der Waals surface area contributed by atoms with Crippen molar-refractivity contribution in [2.24, 2.45) is 0 Å². The standard InChI is InChI=1S/C6H5O3P.ClH.2Na.Sr/c7-10(8)9-6-4-2-1-3-5-6;;;;/h1-5H;1H;;;/q;;2*+1;+2/p-1. The van der Waals surface area contributed by atoms with Crippen molar-refractivity contribution in [2.75, 3.05) is 0 Å². The van der Waals surface area contributed by atoms with E-state index in [9.17, 15) is 9.46 Å². The molecule has 3 nitrogen and oxygen atoms in total. The maximum atomic E-state index is 9.98. The summed E-state index contributed by atoms with van der Waals surface area (Å²) in [6.45, 7) is 0. The number of halogens is 1. The van der Waals surface area contributed by atoms with E-state index in [1.54, 1.807) is 30.3 Å². The van der Waals surface area contributed by atoms with Gasteiger partial charge in [0.25, 0.3) is 0 Å². The second kappa shape index (κ2) is 15.9. The maximum Gasteiger partial charge on any atom is 2.00 e. The van der Waals surface area contributed by atoms with Crippen molar-refractivity contribution in [2.45, 2.75) is 0 Å². The molecule has 0 amide bonds. The third-order valence-corrected chi connectivity index (χ3v) is 1.28. The molecule has 1 unspecified atom stereocenters. The first-order valence-electron chi connectivity index (χ1n) is 2.66. The van der Waals surface area contributed by atoms with Crippen LogP contribution in [0.4, 0.5) is 0 Å². The van der Waals surface area contributed by atoms with Gasteiger partial charge < -0.3 is 17.3 Å². The van der Waals surface area contributed by atoms with Crippen molar-refractivity contribution < 1.29 is 85.5 Å². The van der Waals surface area contributed by atoms with Crippen LogP contribution in [0.1, 0.15) is 0 Å². The Balaban J connectivity index is -0.000000125. The van der Waals surface area contributed by atoms with Gasteiger partial charge in [-0.1, -0.05) is 18.2 Å². The van der Waals surface area contributed by atoms with Crippen LogP contribution < -0.4 is 80.9 Å². The van der Waals surface area contributed by atoms with Gasteiger partial charge in [-0.15, -0.1) is 0 Å². The van der Waals surface area contributed by atoms with E-state index in [1.807, 2.05) is 0 Å². The van der Waals surface area contributed by atoms with Gasteiger partial charge in [0.05, 0.1) is 0 Å². The molecule has 0 aliphatic heterocycles. The van der Waals surface area contributed by atoms with E-state index in [1.165, 1.54) is 0 Å². The van der Waals surface area contributed by atoms with E-state index in [4.69, 9.17) is 0 Å². The summed E-state index contributed by atoms with van der Waals surface area (Å²) in [5, 5.41) is 0. The Bertz CT molecular complexity index is 240. The van der Waals surface area contributed by atoms with Crippen LogP contribution in [0, 0.1) is 0 Å². The summed E-state index contributed by atoms with van der Waals surface area (Å²) in [5.41, 5.74) is 0. The van der Waals surface area contributed by atoms with Gasteiger partial charge in [0.1, 0.15) is 0 Å². The zero-order valence-corrected chi connectivity index (χ0v) is 17.3. The molecule has 60 valence electrons. The van der Waals surface area contributed by atoms with Crippen molar-refractivity contribution in [3.8, 4) is 5.75 Å². The average molecular weight is 325 g/mol. The Kier molecular flexibility index (Phi) is 29.0. The summed E-state index contributed by atoms with van der Waals surface area (Å²) in [6.07, 6.45) is 0. The van der Waals surface area contributed by atoms with Gasteiger partial charge in [0, 0.05) is 0 Å². The summed E-state index contributed by atoms with van der Waals surface area (Å²) in [6, 6.07) is 8.34. The maximum absolute atomic E-state index is 9.98. The van der Waals surface area contributed by atoms with Gasteiger partial charge in [-0.2, -0.15) is 0 Å². The van der Waals surface area contributed by atoms with Crippen LogP contribution in [0.25, 0.3) is 0 Å². The molecular weight excluding hydrogens is 320 g/mol. The molecule has 0 saturated heterocycles. The van der Waals surface area contributed by atoms with E-state index < -0.39 is 8.25 Å². The van der Waals surface area contributed by atoms with Crippen LogP contribution in [-0.4, -0.2) is 45.5 Å². The molecule has 0 N–H and O–H groups in total. The molecular formula is C6H5ClNa2O3PSr+3. The number of rotatable bonds is 2. The average Bonchev–Trinajstić information content (AvgIpc) is 1.88. The minimum Gasteiger partial charge on any atom is -1.00 e. The fourth-order valence-corrected chi connectivity index (χ4v) is 0.861. The van der Waals surface area contributed by atoms with Gasteiger partial charge in [0.2, 0.25) is 0 Å². The molecule has 0 aliphatic carbocycles. The molecule has 0 saturated carbocycles. The SMILES string of the molecule is O=[P+]([O-])Oc1ccccc1.[Cl-].[Na+].[Na+].[Sr+2]. The van der Waals surface area contributed by atoms with Gasteiger partial charge in [-0.25, -0.2) is 0 Å². The van der Waals surface area contributed by atoms with Gasteiger partial charge in [-0.3, -0.25) is 4.52 Å². The van der Waals surface area contributed by atoms with E-state index in [0.29, 0.717) is 5.75 Å². The van der Waals surface area contributed by atoms with Crippen LogP contribution in [0.5, 0.6) is 5.75 Å². The summed E-state index contributed by atoms with van der Waals surface area (Å²) < 4.78 is 14.4. The Hall–Kier alpha value is 2.85. The minimum atomic E-state index is -2.78. The molecule has 0 heterocycles. The van der Waals surface area contributed by atoms with Gasteiger partial charge in [0.15, 0.2) is 5.75 Å². The molecule has 0 spiro atoms. The summed E-state index contributed by atoms with van der Waals surface area (Å²) >= 11 is 0. The van der Waals surface area contributed by atoms with Crippen LogP contribution in [0.2, 0.25) is 0 Å². The molecule has 0 fully saturated rings. The van der Waals surface area contributed by atoms with E-state index in [2.05, 4.69) is 4.52 Å². The zero-order valence-electron chi connectivity index (χ0n) is 8.14. The normalized spacial score (nSPS) is 7.64. The molecule has 1 rings (SSSR count). The smallest absolute Gasteiger partial charge is 1.00 e. The number of hydrogen-bond acceptors (Lipinski definition) is 3. The molecule has 1 atom stereocenters. The first-order valence-corrected chi connectivity index (χ1v) is 3.76. The van der Waals surface area contributed by atoms with Crippen LogP contribution in [0.3, 0.4) is 0 Å².